The minimum absolute atomic E-state index is 0.237. The van der Waals surface area contributed by atoms with Crippen molar-refractivity contribution in [2.75, 3.05) is 12.4 Å². The van der Waals surface area contributed by atoms with E-state index in [1.807, 2.05) is 87.5 Å². The first-order chi connectivity index (χ1) is 23.4. The Bertz CT molecular complexity index is 2310. The number of anilines is 1. The van der Waals surface area contributed by atoms with Crippen LogP contribution in [0.4, 0.5) is 5.69 Å². The summed E-state index contributed by atoms with van der Waals surface area (Å²) in [5.41, 5.74) is 5.96. The van der Waals surface area contributed by atoms with Crippen molar-refractivity contribution in [3.05, 3.63) is 149 Å². The molecule has 7 nitrogen and oxygen atoms in total. The van der Waals surface area contributed by atoms with Crippen LogP contribution in [-0.4, -0.2) is 17.6 Å². The maximum atomic E-state index is 14.3. The predicted molar refractivity (Wildman–Crippen MR) is 214 cm³/mol. The molecule has 1 aliphatic rings. The van der Waals surface area contributed by atoms with Gasteiger partial charge in [-0.3, -0.25) is 14.2 Å². The van der Waals surface area contributed by atoms with E-state index in [1.165, 1.54) is 11.3 Å². The summed E-state index contributed by atoms with van der Waals surface area (Å²) in [5, 5.41) is 4.04. The van der Waals surface area contributed by atoms with Gasteiger partial charge in [-0.25, -0.2) is 4.99 Å². The first-order valence-corrected chi connectivity index (χ1v) is 18.8. The second-order valence-corrected chi connectivity index (χ2v) is 15.6. The molecular formula is C37H29Cl2I2N3O4S. The van der Waals surface area contributed by atoms with Crippen LogP contribution >= 0.6 is 79.7 Å². The van der Waals surface area contributed by atoms with Crippen LogP contribution in [0.15, 0.2) is 93.9 Å². The van der Waals surface area contributed by atoms with Gasteiger partial charge in [-0.05, 0) is 137 Å². The maximum Gasteiger partial charge on any atom is 0.271 e. The van der Waals surface area contributed by atoms with Crippen molar-refractivity contribution in [2.24, 2.45) is 4.99 Å². The molecule has 0 bridgehead atoms. The lowest BCUT2D eigenvalue weighted by molar-refractivity contribution is -0.113. The molecule has 0 radical (unpaired) electrons. The second-order valence-electron chi connectivity index (χ2n) is 11.5. The van der Waals surface area contributed by atoms with Gasteiger partial charge in [0.25, 0.3) is 11.5 Å². The van der Waals surface area contributed by atoms with E-state index in [9.17, 15) is 9.59 Å². The molecule has 4 aromatic carbocycles. The van der Waals surface area contributed by atoms with Gasteiger partial charge in [0.1, 0.15) is 18.1 Å². The van der Waals surface area contributed by atoms with Crippen molar-refractivity contribution >= 4 is 97.4 Å². The standard InChI is InChI=1S/C37H29Cl2I2N3O4S/c1-19-5-12-30(20(2)13-19)43-35(45)32-21(3)42-37-44(33(32)24-7-9-25(47-4)10-8-24)36(46)31(49-37)17-23-15-28(40)34(29(41)16-23)48-18-22-6-11-26(38)27(39)14-22/h5-17,33H,18H2,1-4H3,(H,43,45)/b31-17-/t33-/m1/s1. The third kappa shape index (κ3) is 7.63. The van der Waals surface area contributed by atoms with Crippen molar-refractivity contribution < 1.29 is 14.3 Å². The Hall–Kier alpha value is -3.17. The molecule has 0 aliphatic carbocycles. The highest BCUT2D eigenvalue weighted by Crippen LogP contribution is 2.33. The van der Waals surface area contributed by atoms with Crippen LogP contribution in [0, 0.1) is 21.0 Å². The number of nitrogens with one attached hydrogen (secondary N) is 1. The average molecular weight is 936 g/mol. The fourth-order valence-corrected chi connectivity index (χ4v) is 9.09. The van der Waals surface area contributed by atoms with E-state index in [4.69, 9.17) is 37.7 Å². The molecular weight excluding hydrogens is 907 g/mol. The van der Waals surface area contributed by atoms with Crippen LogP contribution in [0.5, 0.6) is 11.5 Å². The lowest BCUT2D eigenvalue weighted by Gasteiger charge is -2.25. The van der Waals surface area contributed by atoms with Gasteiger partial charge in [0.2, 0.25) is 0 Å². The molecule has 5 aromatic rings. The number of amides is 1. The number of nitrogens with zero attached hydrogens (tertiary/aromatic N) is 2. The number of methoxy groups -OCH3 is 1. The van der Waals surface area contributed by atoms with E-state index >= 15 is 0 Å². The molecule has 49 heavy (non-hydrogen) atoms. The molecule has 0 saturated heterocycles. The molecule has 1 aliphatic heterocycles. The van der Waals surface area contributed by atoms with Crippen LogP contribution < -0.4 is 29.7 Å². The van der Waals surface area contributed by atoms with Gasteiger partial charge in [-0.2, -0.15) is 0 Å². The smallest absolute Gasteiger partial charge is 0.271 e. The Morgan fingerprint density at radius 1 is 0.980 bits per heavy atom. The van der Waals surface area contributed by atoms with E-state index in [1.54, 1.807) is 23.8 Å². The van der Waals surface area contributed by atoms with Gasteiger partial charge in [-0.1, -0.05) is 70.4 Å². The Labute approximate surface area is 324 Å². The van der Waals surface area contributed by atoms with Crippen LogP contribution in [0.25, 0.3) is 6.08 Å². The summed E-state index contributed by atoms with van der Waals surface area (Å²) in [7, 11) is 1.60. The number of allylic oxidation sites excluding steroid dienone is 1. The molecule has 1 amide bonds. The van der Waals surface area contributed by atoms with E-state index in [0.717, 1.165) is 40.7 Å². The number of carbonyl (C=O) groups is 1. The Kier molecular flexibility index (Phi) is 10.9. The number of fused-ring (bicyclic) bond motifs is 1. The normalized spacial score (nSPS) is 14.4. The van der Waals surface area contributed by atoms with E-state index in [2.05, 4.69) is 50.5 Å². The number of hydrogen-bond donors (Lipinski definition) is 1. The van der Waals surface area contributed by atoms with Crippen LogP contribution in [0.2, 0.25) is 10.0 Å². The van der Waals surface area contributed by atoms with Crippen molar-refractivity contribution in [3.8, 4) is 11.5 Å². The zero-order chi connectivity index (χ0) is 35.0. The molecule has 6 rings (SSSR count). The Balaban J connectivity index is 1.38. The van der Waals surface area contributed by atoms with Crippen molar-refractivity contribution in [3.63, 3.8) is 0 Å². The number of hydrogen-bond acceptors (Lipinski definition) is 6. The monoisotopic (exact) mass is 935 g/mol. The first-order valence-electron chi connectivity index (χ1n) is 15.0. The quantitative estimate of drug-likeness (QED) is 0.158. The van der Waals surface area contributed by atoms with Crippen molar-refractivity contribution in [2.45, 2.75) is 33.4 Å². The van der Waals surface area contributed by atoms with Crippen molar-refractivity contribution in [1.29, 1.82) is 0 Å². The predicted octanol–water partition coefficient (Wildman–Crippen LogP) is 8.59. The van der Waals surface area contributed by atoms with Gasteiger partial charge in [0, 0.05) is 5.69 Å². The first kappa shape index (κ1) is 35.6. The molecule has 250 valence electrons. The Morgan fingerprint density at radius 3 is 2.35 bits per heavy atom. The molecule has 1 aromatic heterocycles. The van der Waals surface area contributed by atoms with E-state index in [-0.39, 0.29) is 11.5 Å². The number of thiazole rings is 1. The third-order valence-corrected chi connectivity index (χ3v) is 11.3. The number of benzene rings is 4. The summed E-state index contributed by atoms with van der Waals surface area (Å²) >= 11 is 18.0. The van der Waals surface area contributed by atoms with Gasteiger partial charge < -0.3 is 14.8 Å². The second kappa shape index (κ2) is 15.0. The molecule has 2 heterocycles. The number of aryl methyl sites for hydroxylation is 2. The average Bonchev–Trinajstić information content (AvgIpc) is 3.36. The lowest BCUT2D eigenvalue weighted by Crippen LogP contribution is -2.40. The summed E-state index contributed by atoms with van der Waals surface area (Å²) in [6.45, 7) is 6.10. The highest BCUT2D eigenvalue weighted by molar-refractivity contribution is 14.1. The molecule has 1 N–H and O–H groups in total. The topological polar surface area (TPSA) is 81.9 Å². The molecule has 12 heteroatoms. The summed E-state index contributed by atoms with van der Waals surface area (Å²) in [5.74, 6) is 1.09. The fourth-order valence-electron chi connectivity index (χ4n) is 5.59. The highest BCUT2D eigenvalue weighted by atomic mass is 127. The zero-order valence-corrected chi connectivity index (χ0v) is 33.4. The number of carbonyl (C=O) groups excluding carboxylic acids is 1. The van der Waals surface area contributed by atoms with E-state index in [0.29, 0.717) is 48.7 Å². The van der Waals surface area contributed by atoms with E-state index < -0.39 is 6.04 Å². The number of ether oxygens (including phenoxy) is 2. The fraction of sp³-hybridized carbons (Fsp3) is 0.162. The summed E-state index contributed by atoms with van der Waals surface area (Å²) in [4.78, 5) is 33.6. The molecule has 0 saturated carbocycles. The van der Waals surface area contributed by atoms with Gasteiger partial charge >= 0.3 is 0 Å². The number of rotatable bonds is 8. The number of aromatic nitrogens is 1. The Morgan fingerprint density at radius 2 is 1.69 bits per heavy atom. The van der Waals surface area contributed by atoms with Gasteiger partial charge in [0.05, 0.1) is 46.1 Å². The molecule has 1 atom stereocenters. The zero-order valence-electron chi connectivity index (χ0n) is 26.7. The third-order valence-electron chi connectivity index (χ3n) is 8.01. The minimum Gasteiger partial charge on any atom is -0.497 e. The molecule has 0 fully saturated rings. The largest absolute Gasteiger partial charge is 0.497 e. The van der Waals surface area contributed by atoms with Gasteiger partial charge in [-0.15, -0.1) is 0 Å². The molecule has 0 unspecified atom stereocenters. The van der Waals surface area contributed by atoms with Crippen LogP contribution in [0.1, 0.15) is 40.8 Å². The van der Waals surface area contributed by atoms with Crippen molar-refractivity contribution in [1.82, 2.24) is 4.57 Å². The molecule has 0 spiro atoms. The van der Waals surface area contributed by atoms with Crippen LogP contribution in [0.3, 0.4) is 0 Å². The number of halogens is 4. The van der Waals surface area contributed by atoms with Gasteiger partial charge in [0.15, 0.2) is 4.80 Å². The minimum atomic E-state index is -0.701. The lowest BCUT2D eigenvalue weighted by atomic mass is 9.95. The maximum absolute atomic E-state index is 14.3. The van der Waals surface area contributed by atoms with Crippen LogP contribution in [-0.2, 0) is 11.4 Å². The summed E-state index contributed by atoms with van der Waals surface area (Å²) in [6.07, 6.45) is 1.86. The highest BCUT2D eigenvalue weighted by Gasteiger charge is 2.32. The summed E-state index contributed by atoms with van der Waals surface area (Å²) in [6, 6.07) is 21.9. The SMILES string of the molecule is COc1ccc([C@@H]2C(C(=O)Nc3ccc(C)cc3C)=C(C)N=c3s/c(=C\c4cc(I)c(OCc5ccc(Cl)c(Cl)c5)c(I)c4)c(=O)n32)cc1. The summed E-state index contributed by atoms with van der Waals surface area (Å²) < 4.78 is 15.4.